The first kappa shape index (κ1) is 16.0. The Morgan fingerprint density at radius 2 is 1.81 bits per heavy atom. The number of halogens is 1. The average Bonchev–Trinajstić information content (AvgIpc) is 2.98. The fourth-order valence-corrected chi connectivity index (χ4v) is 3.32. The zero-order chi connectivity index (χ0) is 15.4. The van der Waals surface area contributed by atoms with Crippen LogP contribution in [0.4, 0.5) is 5.69 Å². The fraction of sp³-hybridized carbons (Fsp3) is 0.375. The Hall–Kier alpha value is -1.39. The highest BCUT2D eigenvalue weighted by atomic mass is 35.5. The molecule has 114 valence electrons. The molecular weight excluding hydrogens is 306 g/mol. The first-order chi connectivity index (χ1) is 10.1. The molecule has 1 aromatic carbocycles. The number of ether oxygens (including phenoxy) is 2. The lowest BCUT2D eigenvalue weighted by atomic mass is 10.0. The van der Waals surface area contributed by atoms with E-state index in [1.54, 1.807) is 31.6 Å². The van der Waals surface area contributed by atoms with Gasteiger partial charge in [-0.25, -0.2) is 0 Å². The molecule has 0 saturated carbocycles. The van der Waals surface area contributed by atoms with Crippen LogP contribution in [0.1, 0.15) is 24.8 Å². The quantitative estimate of drug-likeness (QED) is 0.789. The van der Waals surface area contributed by atoms with Gasteiger partial charge in [-0.05, 0) is 17.4 Å². The van der Waals surface area contributed by atoms with Crippen LogP contribution >= 0.6 is 22.9 Å². The van der Waals surface area contributed by atoms with Crippen molar-refractivity contribution in [1.82, 2.24) is 0 Å². The van der Waals surface area contributed by atoms with Crippen molar-refractivity contribution in [3.8, 4) is 11.5 Å². The third-order valence-electron chi connectivity index (χ3n) is 3.30. The van der Waals surface area contributed by atoms with Crippen molar-refractivity contribution >= 4 is 28.6 Å². The summed E-state index contributed by atoms with van der Waals surface area (Å²) in [5.74, 6) is 1.73. The van der Waals surface area contributed by atoms with E-state index in [1.807, 2.05) is 6.07 Å². The van der Waals surface area contributed by atoms with Crippen LogP contribution in [-0.2, 0) is 0 Å². The van der Waals surface area contributed by atoms with Crippen molar-refractivity contribution < 1.29 is 9.47 Å². The molecule has 21 heavy (non-hydrogen) atoms. The molecule has 1 heterocycles. The molecule has 0 aliphatic heterocycles. The lowest BCUT2D eigenvalue weighted by molar-refractivity contribution is 0.355. The molecule has 0 saturated heterocycles. The molecule has 0 radical (unpaired) electrons. The number of rotatable bonds is 6. The van der Waals surface area contributed by atoms with E-state index in [4.69, 9.17) is 21.1 Å². The van der Waals surface area contributed by atoms with Crippen LogP contribution in [0.25, 0.3) is 0 Å². The Morgan fingerprint density at radius 1 is 1.14 bits per heavy atom. The average molecular weight is 326 g/mol. The van der Waals surface area contributed by atoms with Crippen LogP contribution < -0.4 is 14.8 Å². The molecule has 0 amide bonds. The SMILES string of the molecule is COc1cc(Cl)c(NC(c2cccs2)C(C)C)cc1OC. The van der Waals surface area contributed by atoms with Gasteiger partial charge in [0.15, 0.2) is 11.5 Å². The summed E-state index contributed by atoms with van der Waals surface area (Å²) in [6, 6.07) is 8.06. The van der Waals surface area contributed by atoms with E-state index >= 15 is 0 Å². The molecule has 1 N–H and O–H groups in total. The van der Waals surface area contributed by atoms with Crippen molar-refractivity contribution in [2.45, 2.75) is 19.9 Å². The number of thiophene rings is 1. The van der Waals surface area contributed by atoms with Gasteiger partial charge in [-0.1, -0.05) is 31.5 Å². The van der Waals surface area contributed by atoms with Crippen molar-refractivity contribution in [3.63, 3.8) is 0 Å². The highest BCUT2D eigenvalue weighted by Gasteiger charge is 2.19. The van der Waals surface area contributed by atoms with Crippen LogP contribution in [0.5, 0.6) is 11.5 Å². The first-order valence-corrected chi connectivity index (χ1v) is 8.04. The molecule has 0 aliphatic rings. The predicted molar refractivity (Wildman–Crippen MR) is 90.1 cm³/mol. The molecule has 2 rings (SSSR count). The van der Waals surface area contributed by atoms with E-state index in [0.717, 1.165) is 5.69 Å². The fourth-order valence-electron chi connectivity index (χ4n) is 2.17. The maximum absolute atomic E-state index is 6.35. The largest absolute Gasteiger partial charge is 0.493 e. The number of nitrogens with one attached hydrogen (secondary N) is 1. The maximum atomic E-state index is 6.35. The molecule has 3 nitrogen and oxygen atoms in total. The van der Waals surface area contributed by atoms with Gasteiger partial charge in [0.25, 0.3) is 0 Å². The molecule has 1 aromatic heterocycles. The molecular formula is C16H20ClNO2S. The first-order valence-electron chi connectivity index (χ1n) is 6.78. The Balaban J connectivity index is 2.33. The third-order valence-corrected chi connectivity index (χ3v) is 4.57. The number of hydrogen-bond donors (Lipinski definition) is 1. The molecule has 0 bridgehead atoms. The van der Waals surface area contributed by atoms with Gasteiger partial charge < -0.3 is 14.8 Å². The number of anilines is 1. The summed E-state index contributed by atoms with van der Waals surface area (Å²) in [6.07, 6.45) is 0. The van der Waals surface area contributed by atoms with Gasteiger partial charge in [-0.15, -0.1) is 11.3 Å². The zero-order valence-electron chi connectivity index (χ0n) is 12.6. The lowest BCUT2D eigenvalue weighted by Crippen LogP contribution is -2.16. The molecule has 1 atom stereocenters. The number of benzene rings is 1. The molecule has 0 aliphatic carbocycles. The summed E-state index contributed by atoms with van der Waals surface area (Å²) >= 11 is 8.09. The van der Waals surface area contributed by atoms with E-state index in [2.05, 4.69) is 36.7 Å². The summed E-state index contributed by atoms with van der Waals surface area (Å²) in [7, 11) is 3.22. The van der Waals surface area contributed by atoms with Gasteiger partial charge in [-0.3, -0.25) is 0 Å². The van der Waals surface area contributed by atoms with Crippen LogP contribution in [0.3, 0.4) is 0 Å². The van der Waals surface area contributed by atoms with Gasteiger partial charge >= 0.3 is 0 Å². The summed E-state index contributed by atoms with van der Waals surface area (Å²) in [4.78, 5) is 1.29. The third kappa shape index (κ3) is 3.63. The smallest absolute Gasteiger partial charge is 0.162 e. The zero-order valence-corrected chi connectivity index (χ0v) is 14.2. The van der Waals surface area contributed by atoms with E-state index in [0.29, 0.717) is 22.4 Å². The van der Waals surface area contributed by atoms with Crippen molar-refractivity contribution in [1.29, 1.82) is 0 Å². The van der Waals surface area contributed by atoms with Crippen LogP contribution in [0.2, 0.25) is 5.02 Å². The second-order valence-corrected chi connectivity index (χ2v) is 6.45. The lowest BCUT2D eigenvalue weighted by Gasteiger charge is -2.24. The van der Waals surface area contributed by atoms with Gasteiger partial charge in [0.05, 0.1) is 31.0 Å². The van der Waals surface area contributed by atoms with Gasteiger partial charge in [-0.2, -0.15) is 0 Å². The minimum Gasteiger partial charge on any atom is -0.493 e. The Morgan fingerprint density at radius 3 is 2.33 bits per heavy atom. The number of hydrogen-bond acceptors (Lipinski definition) is 4. The molecule has 5 heteroatoms. The standard InChI is InChI=1S/C16H20ClNO2S/c1-10(2)16(15-6-5-7-21-15)18-12-9-14(20-4)13(19-3)8-11(12)17/h5-10,16,18H,1-4H3. The molecule has 0 spiro atoms. The Bertz CT molecular complexity index is 584. The van der Waals surface area contributed by atoms with Gasteiger partial charge in [0.2, 0.25) is 0 Å². The van der Waals surface area contributed by atoms with E-state index < -0.39 is 0 Å². The van der Waals surface area contributed by atoms with E-state index in [1.165, 1.54) is 4.88 Å². The van der Waals surface area contributed by atoms with Crippen LogP contribution in [0.15, 0.2) is 29.6 Å². The minimum absolute atomic E-state index is 0.209. The van der Waals surface area contributed by atoms with Gasteiger partial charge in [0.1, 0.15) is 0 Å². The monoisotopic (exact) mass is 325 g/mol. The van der Waals surface area contributed by atoms with Crippen molar-refractivity contribution in [3.05, 3.63) is 39.5 Å². The topological polar surface area (TPSA) is 30.5 Å². The van der Waals surface area contributed by atoms with E-state index in [-0.39, 0.29) is 6.04 Å². The van der Waals surface area contributed by atoms with Crippen molar-refractivity contribution in [2.75, 3.05) is 19.5 Å². The predicted octanol–water partition coefficient (Wildman–Crippen LogP) is 5.23. The normalized spacial score (nSPS) is 12.3. The van der Waals surface area contributed by atoms with Gasteiger partial charge in [0, 0.05) is 17.0 Å². The molecule has 2 aromatic rings. The maximum Gasteiger partial charge on any atom is 0.162 e. The van der Waals surface area contributed by atoms with E-state index in [9.17, 15) is 0 Å². The summed E-state index contributed by atoms with van der Waals surface area (Å²) in [5.41, 5.74) is 0.849. The summed E-state index contributed by atoms with van der Waals surface area (Å²) in [6.45, 7) is 4.37. The van der Waals surface area contributed by atoms with Crippen LogP contribution in [0, 0.1) is 5.92 Å². The second kappa shape index (κ2) is 7.05. The molecule has 1 unspecified atom stereocenters. The minimum atomic E-state index is 0.209. The summed E-state index contributed by atoms with van der Waals surface area (Å²) < 4.78 is 10.6. The molecule has 0 fully saturated rings. The number of methoxy groups -OCH3 is 2. The Labute approximate surface area is 134 Å². The second-order valence-electron chi connectivity index (χ2n) is 5.07. The Kier molecular flexibility index (Phi) is 5.37. The van der Waals surface area contributed by atoms with Crippen LogP contribution in [-0.4, -0.2) is 14.2 Å². The van der Waals surface area contributed by atoms with Crippen molar-refractivity contribution in [2.24, 2.45) is 5.92 Å². The summed E-state index contributed by atoms with van der Waals surface area (Å²) in [5, 5.41) is 6.22. The highest BCUT2D eigenvalue weighted by Crippen LogP contribution is 2.39. The highest BCUT2D eigenvalue weighted by molar-refractivity contribution is 7.10.